The minimum atomic E-state index is -0.942. The minimum absolute atomic E-state index is 0.0108. The molecule has 1 aliphatic heterocycles. The molecule has 1 fully saturated rings. The second-order valence-electron chi connectivity index (χ2n) is 5.16. The quantitative estimate of drug-likeness (QED) is 0.817. The zero-order valence-corrected chi connectivity index (χ0v) is 12.0. The molecule has 2 rings (SSSR count). The van der Waals surface area contributed by atoms with Crippen LogP contribution in [0.4, 0.5) is 0 Å². The molecule has 0 spiro atoms. The van der Waals surface area contributed by atoms with Crippen molar-refractivity contribution in [2.75, 3.05) is 26.2 Å². The van der Waals surface area contributed by atoms with Gasteiger partial charge in [0, 0.05) is 32.6 Å². The van der Waals surface area contributed by atoms with E-state index in [1.54, 1.807) is 12.1 Å². The van der Waals surface area contributed by atoms with Gasteiger partial charge in [-0.05, 0) is 30.7 Å². The summed E-state index contributed by atoms with van der Waals surface area (Å²) in [4.78, 5) is 24.0. The highest BCUT2D eigenvalue weighted by molar-refractivity contribution is 5.87. The third kappa shape index (κ3) is 4.75. The average molecular weight is 292 g/mol. The number of benzene rings is 1. The Labute approximate surface area is 123 Å². The van der Waals surface area contributed by atoms with Crippen LogP contribution in [-0.4, -0.2) is 54.2 Å². The van der Waals surface area contributed by atoms with E-state index in [9.17, 15) is 9.59 Å². The van der Waals surface area contributed by atoms with Gasteiger partial charge in [-0.1, -0.05) is 0 Å². The summed E-state index contributed by atoms with van der Waals surface area (Å²) in [6, 6.07) is 6.61. The second kappa shape index (κ2) is 7.08. The molecule has 1 aromatic carbocycles. The van der Waals surface area contributed by atoms with Gasteiger partial charge in [0.05, 0.1) is 5.56 Å². The van der Waals surface area contributed by atoms with Crippen molar-refractivity contribution in [1.29, 1.82) is 0 Å². The van der Waals surface area contributed by atoms with E-state index >= 15 is 0 Å². The van der Waals surface area contributed by atoms with Crippen molar-refractivity contribution in [3.8, 4) is 5.75 Å². The Bertz CT molecular complexity index is 501. The number of nitrogens with one attached hydrogen (secondary N) is 1. The lowest BCUT2D eigenvalue weighted by molar-refractivity contribution is -0.119. The first-order chi connectivity index (χ1) is 10.0. The first kappa shape index (κ1) is 15.3. The molecule has 2 N–H and O–H groups in total. The Kier molecular flexibility index (Phi) is 5.16. The zero-order valence-electron chi connectivity index (χ0n) is 12.0. The summed E-state index contributed by atoms with van der Waals surface area (Å²) in [7, 11) is 0. The zero-order chi connectivity index (χ0) is 15.2. The van der Waals surface area contributed by atoms with Gasteiger partial charge in [0.2, 0.25) is 5.91 Å². The number of amides is 1. The normalized spacial score (nSPS) is 18.4. The van der Waals surface area contributed by atoms with E-state index in [2.05, 4.69) is 10.2 Å². The Hall–Kier alpha value is -2.08. The number of hydrogen-bond donors (Lipinski definition) is 2. The number of carbonyl (C=O) groups excluding carboxylic acids is 1. The molecule has 1 saturated heterocycles. The third-order valence-corrected chi connectivity index (χ3v) is 3.46. The lowest BCUT2D eigenvalue weighted by atomic mass is 10.2. The summed E-state index contributed by atoms with van der Waals surface area (Å²) in [5.41, 5.74) is 0.250. The van der Waals surface area contributed by atoms with Crippen molar-refractivity contribution in [1.82, 2.24) is 10.2 Å². The van der Waals surface area contributed by atoms with Crippen LogP contribution >= 0.6 is 0 Å². The number of nitrogens with zero attached hydrogens (tertiary/aromatic N) is 1. The van der Waals surface area contributed by atoms with Gasteiger partial charge in [-0.15, -0.1) is 0 Å². The maximum atomic E-state index is 11.0. The Morgan fingerprint density at radius 2 is 2.10 bits per heavy atom. The molecule has 1 aromatic rings. The van der Waals surface area contributed by atoms with Gasteiger partial charge in [0.25, 0.3) is 0 Å². The van der Waals surface area contributed by atoms with Gasteiger partial charge in [-0.2, -0.15) is 0 Å². The second-order valence-corrected chi connectivity index (χ2v) is 5.16. The standard InChI is InChI=1S/C15H20N2O4/c1-11(18)16-13-6-7-17(10-13)8-9-21-14-4-2-12(3-5-14)15(19)20/h2-5,13H,6-10H2,1H3,(H,16,18)(H,19,20). The van der Waals surface area contributed by atoms with Crippen LogP contribution in [0.1, 0.15) is 23.7 Å². The highest BCUT2D eigenvalue weighted by Crippen LogP contribution is 2.13. The van der Waals surface area contributed by atoms with Crippen LogP contribution in [0, 0.1) is 0 Å². The molecule has 0 bridgehead atoms. The molecule has 21 heavy (non-hydrogen) atoms. The summed E-state index contributed by atoms with van der Waals surface area (Å²) < 4.78 is 5.60. The largest absolute Gasteiger partial charge is 0.492 e. The van der Waals surface area contributed by atoms with E-state index < -0.39 is 5.97 Å². The summed E-state index contributed by atoms with van der Waals surface area (Å²) in [6.45, 7) is 4.66. The van der Waals surface area contributed by atoms with Crippen LogP contribution in [0.3, 0.4) is 0 Å². The van der Waals surface area contributed by atoms with Crippen molar-refractivity contribution >= 4 is 11.9 Å². The van der Waals surface area contributed by atoms with Gasteiger partial charge < -0.3 is 15.2 Å². The molecular weight excluding hydrogens is 272 g/mol. The average Bonchev–Trinajstić information content (AvgIpc) is 2.86. The van der Waals surface area contributed by atoms with Crippen LogP contribution in [0.25, 0.3) is 0 Å². The summed E-state index contributed by atoms with van der Waals surface area (Å²) in [6.07, 6.45) is 0.965. The number of carbonyl (C=O) groups is 2. The maximum Gasteiger partial charge on any atom is 0.335 e. The first-order valence-corrected chi connectivity index (χ1v) is 7.00. The summed E-state index contributed by atoms with van der Waals surface area (Å²) in [5, 5.41) is 11.7. The monoisotopic (exact) mass is 292 g/mol. The molecule has 0 saturated carbocycles. The van der Waals surface area contributed by atoms with E-state index in [1.165, 1.54) is 19.1 Å². The molecule has 114 valence electrons. The molecule has 0 aromatic heterocycles. The van der Waals surface area contributed by atoms with E-state index in [-0.39, 0.29) is 17.5 Å². The number of ether oxygens (including phenoxy) is 1. The molecule has 1 aliphatic rings. The van der Waals surface area contributed by atoms with Crippen molar-refractivity contribution in [3.05, 3.63) is 29.8 Å². The highest BCUT2D eigenvalue weighted by atomic mass is 16.5. The van der Waals surface area contributed by atoms with E-state index in [4.69, 9.17) is 9.84 Å². The Morgan fingerprint density at radius 3 is 2.71 bits per heavy atom. The number of rotatable bonds is 6. The minimum Gasteiger partial charge on any atom is -0.492 e. The van der Waals surface area contributed by atoms with Crippen LogP contribution in [-0.2, 0) is 4.79 Å². The highest BCUT2D eigenvalue weighted by Gasteiger charge is 2.22. The molecule has 0 aliphatic carbocycles. The SMILES string of the molecule is CC(=O)NC1CCN(CCOc2ccc(C(=O)O)cc2)C1. The molecule has 1 amide bonds. The van der Waals surface area contributed by atoms with Gasteiger partial charge in [-0.3, -0.25) is 9.69 Å². The van der Waals surface area contributed by atoms with Crippen LogP contribution in [0.2, 0.25) is 0 Å². The van der Waals surface area contributed by atoms with Crippen molar-refractivity contribution in [3.63, 3.8) is 0 Å². The van der Waals surface area contributed by atoms with Crippen LogP contribution < -0.4 is 10.1 Å². The van der Waals surface area contributed by atoms with Crippen molar-refractivity contribution < 1.29 is 19.4 Å². The van der Waals surface area contributed by atoms with Crippen LogP contribution in [0.5, 0.6) is 5.75 Å². The van der Waals surface area contributed by atoms with Crippen LogP contribution in [0.15, 0.2) is 24.3 Å². The van der Waals surface area contributed by atoms with Crippen molar-refractivity contribution in [2.45, 2.75) is 19.4 Å². The summed E-state index contributed by atoms with van der Waals surface area (Å²) in [5.74, 6) is -0.267. The fourth-order valence-electron chi connectivity index (χ4n) is 2.43. The summed E-state index contributed by atoms with van der Waals surface area (Å²) >= 11 is 0. The van der Waals surface area contributed by atoms with E-state index in [1.807, 2.05) is 0 Å². The number of carboxylic acids is 1. The van der Waals surface area contributed by atoms with E-state index in [0.29, 0.717) is 12.4 Å². The van der Waals surface area contributed by atoms with Gasteiger partial charge >= 0.3 is 5.97 Å². The molecule has 1 unspecified atom stereocenters. The molecule has 0 radical (unpaired) electrons. The predicted octanol–water partition coefficient (Wildman–Crippen LogP) is 0.974. The Balaban J connectivity index is 1.70. The molecule has 6 heteroatoms. The molecule has 1 heterocycles. The number of carboxylic acid groups (broad SMARTS) is 1. The lowest BCUT2D eigenvalue weighted by Gasteiger charge is -2.16. The molecule has 1 atom stereocenters. The van der Waals surface area contributed by atoms with E-state index in [0.717, 1.165) is 26.1 Å². The fourth-order valence-corrected chi connectivity index (χ4v) is 2.43. The third-order valence-electron chi connectivity index (χ3n) is 3.46. The van der Waals surface area contributed by atoms with Crippen molar-refractivity contribution in [2.24, 2.45) is 0 Å². The van der Waals surface area contributed by atoms with Gasteiger partial charge in [-0.25, -0.2) is 4.79 Å². The first-order valence-electron chi connectivity index (χ1n) is 7.00. The number of hydrogen-bond acceptors (Lipinski definition) is 4. The maximum absolute atomic E-state index is 11.0. The topological polar surface area (TPSA) is 78.9 Å². The van der Waals surface area contributed by atoms with Gasteiger partial charge in [0.1, 0.15) is 12.4 Å². The fraction of sp³-hybridized carbons (Fsp3) is 0.467. The predicted molar refractivity (Wildman–Crippen MR) is 77.6 cm³/mol. The smallest absolute Gasteiger partial charge is 0.335 e. The Morgan fingerprint density at radius 1 is 1.38 bits per heavy atom. The number of aromatic carboxylic acids is 1. The molecular formula is C15H20N2O4. The molecule has 6 nitrogen and oxygen atoms in total. The number of likely N-dealkylation sites (tertiary alicyclic amines) is 1. The van der Waals surface area contributed by atoms with Gasteiger partial charge in [0.15, 0.2) is 0 Å². The lowest BCUT2D eigenvalue weighted by Crippen LogP contribution is -2.36.